The van der Waals surface area contributed by atoms with Crippen LogP contribution >= 0.6 is 15.9 Å². The van der Waals surface area contributed by atoms with E-state index in [9.17, 15) is 4.39 Å². The van der Waals surface area contributed by atoms with Crippen LogP contribution in [0.3, 0.4) is 0 Å². The van der Waals surface area contributed by atoms with Gasteiger partial charge in [0.2, 0.25) is 0 Å². The van der Waals surface area contributed by atoms with Crippen molar-refractivity contribution in [3.05, 3.63) is 34.1 Å². The summed E-state index contributed by atoms with van der Waals surface area (Å²) in [5.74, 6) is -0.173. The van der Waals surface area contributed by atoms with E-state index >= 15 is 0 Å². The van der Waals surface area contributed by atoms with Crippen LogP contribution < -0.4 is 5.32 Å². The molecule has 0 unspecified atom stereocenters. The van der Waals surface area contributed by atoms with Crippen LogP contribution in [-0.2, 0) is 0 Å². The van der Waals surface area contributed by atoms with Crippen LogP contribution in [0.15, 0.2) is 22.7 Å². The topological polar surface area (TPSA) is 15.3 Å². The molecule has 1 aliphatic heterocycles. The van der Waals surface area contributed by atoms with Crippen LogP contribution in [0, 0.1) is 5.82 Å². The lowest BCUT2D eigenvalue weighted by Gasteiger charge is -2.36. The number of piperazine rings is 1. The van der Waals surface area contributed by atoms with Crippen molar-refractivity contribution in [2.45, 2.75) is 38.6 Å². The zero-order valence-electron chi connectivity index (χ0n) is 12.2. The first kappa shape index (κ1) is 15.9. The van der Waals surface area contributed by atoms with Crippen molar-refractivity contribution in [2.75, 3.05) is 26.2 Å². The molecule has 2 rings (SSSR count). The molecular formula is C16H24BrFN2. The van der Waals surface area contributed by atoms with Crippen molar-refractivity contribution >= 4 is 15.9 Å². The molecule has 1 aromatic carbocycles. The van der Waals surface area contributed by atoms with E-state index in [4.69, 9.17) is 0 Å². The number of unbranched alkanes of at least 4 members (excludes halogenated alkanes) is 2. The summed E-state index contributed by atoms with van der Waals surface area (Å²) in [7, 11) is 0. The fraction of sp³-hybridized carbons (Fsp3) is 0.625. The Bertz CT molecular complexity index is 419. The molecule has 1 N–H and O–H groups in total. The number of hydrogen-bond donors (Lipinski definition) is 1. The standard InChI is InChI=1S/C16H24BrFN2/c1-2-3-4-5-16(20-10-8-19-9-11-20)14-7-6-13(18)12-15(14)17/h6-7,12,16,19H,2-5,8-11H2,1H3/t16-/m0/s1. The minimum Gasteiger partial charge on any atom is -0.314 e. The molecule has 1 saturated heterocycles. The molecule has 20 heavy (non-hydrogen) atoms. The first-order valence-corrected chi connectivity index (χ1v) is 8.41. The number of nitrogens with zero attached hydrogens (tertiary/aromatic N) is 1. The highest BCUT2D eigenvalue weighted by Crippen LogP contribution is 2.32. The average molecular weight is 343 g/mol. The monoisotopic (exact) mass is 342 g/mol. The van der Waals surface area contributed by atoms with Gasteiger partial charge < -0.3 is 5.32 Å². The lowest BCUT2D eigenvalue weighted by Crippen LogP contribution is -2.45. The van der Waals surface area contributed by atoms with Gasteiger partial charge in [0.05, 0.1) is 0 Å². The normalized spacial score (nSPS) is 18.1. The fourth-order valence-corrected chi connectivity index (χ4v) is 3.50. The average Bonchev–Trinajstić information content (AvgIpc) is 2.46. The van der Waals surface area contributed by atoms with Gasteiger partial charge in [0.25, 0.3) is 0 Å². The molecule has 1 aliphatic rings. The number of nitrogens with one attached hydrogen (secondary N) is 1. The van der Waals surface area contributed by atoms with Gasteiger partial charge in [0, 0.05) is 36.7 Å². The number of rotatable bonds is 6. The van der Waals surface area contributed by atoms with Crippen LogP contribution in [-0.4, -0.2) is 31.1 Å². The van der Waals surface area contributed by atoms with Gasteiger partial charge in [0.15, 0.2) is 0 Å². The smallest absolute Gasteiger partial charge is 0.124 e. The van der Waals surface area contributed by atoms with Crippen LogP contribution in [0.5, 0.6) is 0 Å². The molecule has 1 fully saturated rings. The van der Waals surface area contributed by atoms with Crippen molar-refractivity contribution < 1.29 is 4.39 Å². The molecule has 0 bridgehead atoms. The highest BCUT2D eigenvalue weighted by molar-refractivity contribution is 9.10. The number of benzene rings is 1. The highest BCUT2D eigenvalue weighted by atomic mass is 79.9. The third-order valence-electron chi connectivity index (χ3n) is 3.99. The first-order valence-electron chi connectivity index (χ1n) is 7.62. The van der Waals surface area contributed by atoms with Gasteiger partial charge in [-0.25, -0.2) is 4.39 Å². The number of halogens is 2. The lowest BCUT2D eigenvalue weighted by molar-refractivity contribution is 0.162. The predicted molar refractivity (Wildman–Crippen MR) is 85.4 cm³/mol. The third kappa shape index (κ3) is 4.27. The first-order chi connectivity index (χ1) is 9.72. The van der Waals surface area contributed by atoms with E-state index in [1.165, 1.54) is 24.8 Å². The van der Waals surface area contributed by atoms with Gasteiger partial charge >= 0.3 is 0 Å². The Kier molecular flexibility index (Phi) is 6.46. The Morgan fingerprint density at radius 2 is 2.05 bits per heavy atom. The Morgan fingerprint density at radius 3 is 2.70 bits per heavy atom. The summed E-state index contributed by atoms with van der Waals surface area (Å²) in [5, 5.41) is 3.40. The maximum absolute atomic E-state index is 13.3. The zero-order chi connectivity index (χ0) is 14.4. The Balaban J connectivity index is 2.15. The van der Waals surface area contributed by atoms with Crippen molar-refractivity contribution in [3.8, 4) is 0 Å². The van der Waals surface area contributed by atoms with Crippen molar-refractivity contribution in [1.82, 2.24) is 10.2 Å². The van der Waals surface area contributed by atoms with Crippen LogP contribution in [0.2, 0.25) is 0 Å². The summed E-state index contributed by atoms with van der Waals surface area (Å²) in [6.07, 6.45) is 4.88. The molecule has 1 heterocycles. The lowest BCUT2D eigenvalue weighted by atomic mass is 9.98. The largest absolute Gasteiger partial charge is 0.314 e. The maximum atomic E-state index is 13.3. The molecule has 0 aromatic heterocycles. The van der Waals surface area contributed by atoms with Gasteiger partial charge in [-0.05, 0) is 24.1 Å². The molecule has 0 aliphatic carbocycles. The second-order valence-electron chi connectivity index (χ2n) is 5.46. The van der Waals surface area contributed by atoms with Gasteiger partial charge in [0.1, 0.15) is 5.82 Å². The molecule has 2 nitrogen and oxygen atoms in total. The second kappa shape index (κ2) is 8.11. The highest BCUT2D eigenvalue weighted by Gasteiger charge is 2.23. The Labute approximate surface area is 129 Å². The molecule has 1 atom stereocenters. The molecule has 1 aromatic rings. The molecule has 0 spiro atoms. The summed E-state index contributed by atoms with van der Waals surface area (Å²) in [6, 6.07) is 5.51. The van der Waals surface area contributed by atoms with Crippen LogP contribution in [0.4, 0.5) is 4.39 Å². The van der Waals surface area contributed by atoms with E-state index in [1.807, 2.05) is 6.07 Å². The van der Waals surface area contributed by atoms with E-state index in [0.29, 0.717) is 6.04 Å². The summed E-state index contributed by atoms with van der Waals surface area (Å²) >= 11 is 3.54. The van der Waals surface area contributed by atoms with Crippen molar-refractivity contribution in [3.63, 3.8) is 0 Å². The Morgan fingerprint density at radius 1 is 1.30 bits per heavy atom. The molecule has 0 amide bonds. The molecule has 112 valence electrons. The maximum Gasteiger partial charge on any atom is 0.124 e. The summed E-state index contributed by atoms with van der Waals surface area (Å²) in [5.41, 5.74) is 1.23. The van der Waals surface area contributed by atoms with E-state index in [2.05, 4.69) is 33.1 Å². The van der Waals surface area contributed by atoms with Crippen molar-refractivity contribution in [1.29, 1.82) is 0 Å². The fourth-order valence-electron chi connectivity index (χ4n) is 2.89. The number of hydrogen-bond acceptors (Lipinski definition) is 2. The minimum atomic E-state index is -0.173. The van der Waals surface area contributed by atoms with Crippen molar-refractivity contribution in [2.24, 2.45) is 0 Å². The van der Waals surface area contributed by atoms with Gasteiger partial charge in [-0.3, -0.25) is 4.90 Å². The van der Waals surface area contributed by atoms with E-state index < -0.39 is 0 Å². The summed E-state index contributed by atoms with van der Waals surface area (Å²) < 4.78 is 14.2. The Hall–Kier alpha value is -0.450. The quantitative estimate of drug-likeness (QED) is 0.782. The van der Waals surface area contributed by atoms with E-state index in [0.717, 1.165) is 37.1 Å². The zero-order valence-corrected chi connectivity index (χ0v) is 13.8. The molecule has 0 saturated carbocycles. The van der Waals surface area contributed by atoms with Crippen LogP contribution in [0.1, 0.15) is 44.2 Å². The third-order valence-corrected chi connectivity index (χ3v) is 4.68. The second-order valence-corrected chi connectivity index (χ2v) is 6.32. The van der Waals surface area contributed by atoms with Gasteiger partial charge in [-0.15, -0.1) is 0 Å². The summed E-state index contributed by atoms with van der Waals surface area (Å²) in [6.45, 7) is 6.46. The minimum absolute atomic E-state index is 0.173. The summed E-state index contributed by atoms with van der Waals surface area (Å²) in [4.78, 5) is 2.53. The van der Waals surface area contributed by atoms with E-state index in [-0.39, 0.29) is 5.82 Å². The van der Waals surface area contributed by atoms with Gasteiger partial charge in [-0.2, -0.15) is 0 Å². The van der Waals surface area contributed by atoms with Gasteiger partial charge in [-0.1, -0.05) is 48.2 Å². The SMILES string of the molecule is CCCCC[C@@H](c1ccc(F)cc1Br)N1CCNCC1. The molecular weight excluding hydrogens is 319 g/mol. The van der Waals surface area contributed by atoms with Crippen LogP contribution in [0.25, 0.3) is 0 Å². The molecule has 0 radical (unpaired) electrons. The predicted octanol–water partition coefficient (Wildman–Crippen LogP) is 4.11. The molecule has 4 heteroatoms. The van der Waals surface area contributed by atoms with E-state index in [1.54, 1.807) is 12.1 Å².